The molecule has 0 saturated carbocycles. The number of thioether (sulfide) groups is 1. The number of rotatable bonds is 4. The van der Waals surface area contributed by atoms with Gasteiger partial charge in [0.25, 0.3) is 5.56 Å². The van der Waals surface area contributed by atoms with E-state index in [-0.39, 0.29) is 22.9 Å². The summed E-state index contributed by atoms with van der Waals surface area (Å²) in [6.45, 7) is 3.66. The number of fused-ring (bicyclic) bond motifs is 1. The predicted octanol–water partition coefficient (Wildman–Crippen LogP) is 3.88. The van der Waals surface area contributed by atoms with Crippen molar-refractivity contribution in [3.05, 3.63) is 64.7 Å². The Kier molecular flexibility index (Phi) is 5.67. The number of halogens is 1. The summed E-state index contributed by atoms with van der Waals surface area (Å²) in [5, 5.41) is 0.730. The van der Waals surface area contributed by atoms with Gasteiger partial charge in [0.1, 0.15) is 5.82 Å². The van der Waals surface area contributed by atoms with E-state index >= 15 is 0 Å². The Bertz CT molecular complexity index is 1110. The number of carbonyl (C=O) groups excluding carboxylic acids is 1. The molecule has 3 aromatic rings. The summed E-state index contributed by atoms with van der Waals surface area (Å²) >= 11 is 1.18. The molecule has 4 rings (SSSR count). The molecule has 2 aromatic carbocycles. The maximum Gasteiger partial charge on any atom is 0.266 e. The number of hydrogen-bond acceptors (Lipinski definition) is 4. The largest absolute Gasteiger partial charge is 0.342 e. The first-order valence-corrected chi connectivity index (χ1v) is 10.7. The van der Waals surface area contributed by atoms with Gasteiger partial charge in [-0.1, -0.05) is 43.0 Å². The van der Waals surface area contributed by atoms with Crippen LogP contribution in [0.25, 0.3) is 16.6 Å². The zero-order valence-electron chi connectivity index (χ0n) is 16.2. The van der Waals surface area contributed by atoms with Gasteiger partial charge in [-0.15, -0.1) is 0 Å². The minimum atomic E-state index is -0.510. The van der Waals surface area contributed by atoms with E-state index in [1.54, 1.807) is 42.5 Å². The molecule has 0 N–H and O–H groups in total. The average molecular weight is 412 g/mol. The molecule has 0 bridgehead atoms. The highest BCUT2D eigenvalue weighted by Crippen LogP contribution is 2.24. The zero-order valence-corrected chi connectivity index (χ0v) is 17.0. The zero-order chi connectivity index (χ0) is 20.4. The van der Waals surface area contributed by atoms with Crippen molar-refractivity contribution in [2.45, 2.75) is 24.9 Å². The number of likely N-dealkylation sites (tertiary alicyclic amines) is 1. The third-order valence-electron chi connectivity index (χ3n) is 5.17. The summed E-state index contributed by atoms with van der Waals surface area (Å²) in [6, 6.07) is 13.1. The van der Waals surface area contributed by atoms with Gasteiger partial charge < -0.3 is 4.90 Å². The fraction of sp³-hybridized carbons (Fsp3) is 0.318. The summed E-state index contributed by atoms with van der Waals surface area (Å²) in [5.41, 5.74) is 0.325. The fourth-order valence-electron chi connectivity index (χ4n) is 3.69. The Morgan fingerprint density at radius 3 is 2.76 bits per heavy atom. The minimum absolute atomic E-state index is 0.0176. The summed E-state index contributed by atoms with van der Waals surface area (Å²) in [5.74, 6) is 0.160. The predicted molar refractivity (Wildman–Crippen MR) is 113 cm³/mol. The third-order valence-corrected chi connectivity index (χ3v) is 6.10. The van der Waals surface area contributed by atoms with Crippen LogP contribution in [0.2, 0.25) is 0 Å². The van der Waals surface area contributed by atoms with Gasteiger partial charge in [-0.2, -0.15) is 0 Å². The molecule has 150 valence electrons. The smallest absolute Gasteiger partial charge is 0.266 e. The first kappa shape index (κ1) is 19.6. The first-order chi connectivity index (χ1) is 14.0. The van der Waals surface area contributed by atoms with Gasteiger partial charge in [-0.25, -0.2) is 9.37 Å². The average Bonchev–Trinajstić information content (AvgIpc) is 2.73. The van der Waals surface area contributed by atoms with Crippen LogP contribution in [-0.2, 0) is 4.79 Å². The van der Waals surface area contributed by atoms with Crippen molar-refractivity contribution >= 4 is 28.6 Å². The van der Waals surface area contributed by atoms with E-state index < -0.39 is 5.82 Å². The Hall–Kier alpha value is -2.67. The fourth-order valence-corrected chi connectivity index (χ4v) is 4.60. The second-order valence-electron chi connectivity index (χ2n) is 7.38. The number of nitrogens with zero attached hydrogens (tertiary/aromatic N) is 3. The molecule has 0 radical (unpaired) electrons. The third kappa shape index (κ3) is 4.05. The van der Waals surface area contributed by atoms with Crippen LogP contribution in [0.1, 0.15) is 19.8 Å². The van der Waals surface area contributed by atoms with E-state index in [1.165, 1.54) is 22.4 Å². The van der Waals surface area contributed by atoms with Crippen LogP contribution < -0.4 is 5.56 Å². The maximum atomic E-state index is 14.5. The second-order valence-corrected chi connectivity index (χ2v) is 8.32. The van der Waals surface area contributed by atoms with E-state index in [2.05, 4.69) is 11.9 Å². The summed E-state index contributed by atoms with van der Waals surface area (Å²) in [6.07, 6.45) is 2.14. The number of piperidine rings is 1. The first-order valence-electron chi connectivity index (χ1n) is 9.72. The number of carbonyl (C=O) groups is 1. The normalized spacial score (nSPS) is 16.9. The van der Waals surface area contributed by atoms with Crippen molar-refractivity contribution < 1.29 is 9.18 Å². The standard InChI is InChI=1S/C22H22FN3O2S/c1-15-7-6-12-25(13-15)20(27)14-29-22-24-18-10-4-2-8-16(18)21(28)26(22)19-11-5-3-9-17(19)23/h2-5,8-11,15H,6-7,12-14H2,1H3/t15-/m1/s1. The Morgan fingerprint density at radius 2 is 1.97 bits per heavy atom. The lowest BCUT2D eigenvalue weighted by molar-refractivity contribution is -0.130. The molecule has 1 saturated heterocycles. The highest BCUT2D eigenvalue weighted by Gasteiger charge is 2.22. The quantitative estimate of drug-likeness (QED) is 0.483. The highest BCUT2D eigenvalue weighted by molar-refractivity contribution is 7.99. The lowest BCUT2D eigenvalue weighted by Gasteiger charge is -2.30. The van der Waals surface area contributed by atoms with Gasteiger partial charge in [0, 0.05) is 13.1 Å². The number of aromatic nitrogens is 2. The number of benzene rings is 2. The minimum Gasteiger partial charge on any atom is -0.342 e. The van der Waals surface area contributed by atoms with Crippen molar-refractivity contribution in [3.63, 3.8) is 0 Å². The van der Waals surface area contributed by atoms with Crippen LogP contribution >= 0.6 is 11.8 Å². The van der Waals surface area contributed by atoms with Crippen LogP contribution in [0.4, 0.5) is 4.39 Å². The van der Waals surface area contributed by atoms with E-state index in [0.29, 0.717) is 22.0 Å². The number of amides is 1. The molecule has 1 aromatic heterocycles. The number of hydrogen-bond donors (Lipinski definition) is 0. The highest BCUT2D eigenvalue weighted by atomic mass is 32.2. The van der Waals surface area contributed by atoms with Gasteiger partial charge in [0.15, 0.2) is 5.16 Å². The molecule has 0 aliphatic carbocycles. The van der Waals surface area contributed by atoms with E-state index in [9.17, 15) is 14.0 Å². The molecule has 29 heavy (non-hydrogen) atoms. The number of para-hydroxylation sites is 2. The molecule has 1 amide bonds. The second kappa shape index (κ2) is 8.37. The Labute approximate surface area is 172 Å². The van der Waals surface area contributed by atoms with E-state index in [1.807, 2.05) is 4.90 Å². The molecule has 2 heterocycles. The van der Waals surface area contributed by atoms with Crippen molar-refractivity contribution in [1.29, 1.82) is 0 Å². The molecule has 7 heteroatoms. The van der Waals surface area contributed by atoms with Crippen molar-refractivity contribution in [2.24, 2.45) is 5.92 Å². The van der Waals surface area contributed by atoms with E-state index in [0.717, 1.165) is 25.9 Å². The molecular formula is C22H22FN3O2S. The van der Waals surface area contributed by atoms with Crippen LogP contribution in [0.15, 0.2) is 58.5 Å². The summed E-state index contributed by atoms with van der Waals surface area (Å²) in [7, 11) is 0. The Balaban J connectivity index is 1.71. The SMILES string of the molecule is C[C@@H]1CCCN(C(=O)CSc2nc3ccccc3c(=O)n2-c2ccccc2F)C1. The summed E-state index contributed by atoms with van der Waals surface area (Å²) in [4.78, 5) is 32.3. The lowest BCUT2D eigenvalue weighted by atomic mass is 10.0. The van der Waals surface area contributed by atoms with Crippen LogP contribution in [0.3, 0.4) is 0 Å². The molecule has 1 fully saturated rings. The van der Waals surface area contributed by atoms with Gasteiger partial charge >= 0.3 is 0 Å². The molecule has 1 aliphatic rings. The van der Waals surface area contributed by atoms with Gasteiger partial charge in [-0.3, -0.25) is 14.2 Å². The van der Waals surface area contributed by atoms with Crippen LogP contribution in [-0.4, -0.2) is 39.2 Å². The van der Waals surface area contributed by atoms with Crippen molar-refractivity contribution in [3.8, 4) is 5.69 Å². The molecular weight excluding hydrogens is 389 g/mol. The van der Waals surface area contributed by atoms with Gasteiger partial charge in [0.2, 0.25) is 5.91 Å². The van der Waals surface area contributed by atoms with E-state index in [4.69, 9.17) is 0 Å². The molecule has 1 atom stereocenters. The summed E-state index contributed by atoms with van der Waals surface area (Å²) < 4.78 is 15.8. The van der Waals surface area contributed by atoms with Gasteiger partial charge in [0.05, 0.1) is 22.3 Å². The van der Waals surface area contributed by atoms with Crippen molar-refractivity contribution in [1.82, 2.24) is 14.5 Å². The Morgan fingerprint density at radius 1 is 1.21 bits per heavy atom. The van der Waals surface area contributed by atoms with Crippen LogP contribution in [0, 0.1) is 11.7 Å². The van der Waals surface area contributed by atoms with Crippen LogP contribution in [0.5, 0.6) is 0 Å². The molecule has 1 aliphatic heterocycles. The van der Waals surface area contributed by atoms with Crippen molar-refractivity contribution in [2.75, 3.05) is 18.8 Å². The molecule has 0 unspecified atom stereocenters. The lowest BCUT2D eigenvalue weighted by Crippen LogP contribution is -2.40. The topological polar surface area (TPSA) is 55.2 Å². The van der Waals surface area contributed by atoms with Gasteiger partial charge in [-0.05, 0) is 43.0 Å². The molecule has 5 nitrogen and oxygen atoms in total. The maximum absolute atomic E-state index is 14.5. The molecule has 0 spiro atoms. The monoisotopic (exact) mass is 411 g/mol.